The molecule has 68 heavy (non-hydrogen) atoms. The smallest absolute Gasteiger partial charge is 0.267 e. The number of benzene rings is 8. The van der Waals surface area contributed by atoms with E-state index in [4.69, 9.17) is 0 Å². The fourth-order valence-electron chi connectivity index (χ4n) is 11.3. The lowest BCUT2D eigenvalue weighted by Gasteiger charge is -2.22. The van der Waals surface area contributed by atoms with Gasteiger partial charge in [-0.1, -0.05) is 171 Å². The predicted molar refractivity (Wildman–Crippen MR) is 274 cm³/mol. The van der Waals surface area contributed by atoms with Crippen molar-refractivity contribution in [2.45, 2.75) is 82.8 Å². The molecular weight excluding hydrogens is 877 g/mol. The van der Waals surface area contributed by atoms with Crippen molar-refractivity contribution >= 4 is 69.3 Å². The van der Waals surface area contributed by atoms with Crippen molar-refractivity contribution in [3.63, 3.8) is 0 Å². The van der Waals surface area contributed by atoms with E-state index in [0.717, 1.165) is 104 Å². The van der Waals surface area contributed by atoms with Crippen LogP contribution in [-0.2, 0) is 0 Å². The third-order valence-corrected chi connectivity index (χ3v) is 16.5. The van der Waals surface area contributed by atoms with Crippen molar-refractivity contribution in [2.75, 3.05) is 9.80 Å². The number of amides is 4. The summed E-state index contributed by atoms with van der Waals surface area (Å²) in [6, 6.07) is 55.7. The molecule has 0 atom stereocenters. The van der Waals surface area contributed by atoms with Crippen molar-refractivity contribution in [1.29, 1.82) is 0 Å². The van der Waals surface area contributed by atoms with E-state index in [1.54, 1.807) is 0 Å². The summed E-state index contributed by atoms with van der Waals surface area (Å²) in [6.07, 6.45) is 8.63. The molecule has 6 nitrogen and oxygen atoms in total. The largest absolute Gasteiger partial charge is 0.268 e. The van der Waals surface area contributed by atoms with Gasteiger partial charge in [0, 0.05) is 19.6 Å². The average Bonchev–Trinajstić information content (AvgIpc) is 4.21. The second-order valence-electron chi connectivity index (χ2n) is 18.2. The molecule has 0 N–H and O–H groups in total. The van der Waals surface area contributed by atoms with Gasteiger partial charge in [0.2, 0.25) is 0 Å². The number of fused-ring (bicyclic) bond motifs is 3. The highest BCUT2D eigenvalue weighted by Crippen LogP contribution is 2.50. The zero-order chi connectivity index (χ0) is 45.9. The van der Waals surface area contributed by atoms with E-state index in [9.17, 15) is 0 Å². The number of carbonyl (C=O) groups is 4. The molecule has 2 fully saturated rings. The lowest BCUT2D eigenvalue weighted by molar-refractivity contribution is 0.0909. The van der Waals surface area contributed by atoms with Gasteiger partial charge < -0.3 is 0 Å². The number of hydrogen-bond donors (Lipinski definition) is 0. The molecule has 332 valence electrons. The molecule has 2 aliphatic heterocycles. The molecule has 8 aromatic carbocycles. The van der Waals surface area contributed by atoms with Crippen LogP contribution in [0.2, 0.25) is 0 Å². The molecule has 12 rings (SSSR count). The predicted octanol–water partition coefficient (Wildman–Crippen LogP) is 15.4. The number of hydrogen-bond acceptors (Lipinski definition) is 6. The summed E-state index contributed by atoms with van der Waals surface area (Å²) in [5.74, 6) is -0.728. The number of para-hydroxylation sites is 2. The lowest BCUT2D eigenvalue weighted by atomic mass is 9.87. The molecule has 4 amide bonds. The number of anilines is 2. The Morgan fingerprint density at radius 3 is 1.09 bits per heavy atom. The van der Waals surface area contributed by atoms with E-state index in [1.807, 2.05) is 158 Å². The molecule has 8 aromatic rings. The quantitative estimate of drug-likeness (QED) is 0.127. The van der Waals surface area contributed by atoms with Gasteiger partial charge in [-0.05, 0) is 130 Å². The van der Waals surface area contributed by atoms with E-state index in [0.29, 0.717) is 44.8 Å². The highest BCUT2D eigenvalue weighted by atomic mass is 32.2. The van der Waals surface area contributed by atoms with Gasteiger partial charge in [-0.3, -0.25) is 19.2 Å². The molecule has 2 saturated carbocycles. The minimum atomic E-state index is -0.333. The van der Waals surface area contributed by atoms with Crippen molar-refractivity contribution < 1.29 is 19.2 Å². The maximum atomic E-state index is 15.2. The molecule has 0 spiro atoms. The van der Waals surface area contributed by atoms with Crippen LogP contribution in [0.15, 0.2) is 189 Å². The fraction of sp³-hybridized carbons (Fsp3) is 0.167. The van der Waals surface area contributed by atoms with E-state index >= 15 is 19.2 Å². The summed E-state index contributed by atoms with van der Waals surface area (Å²) in [6.45, 7) is 0. The Morgan fingerprint density at radius 1 is 0.338 bits per heavy atom. The zero-order valence-corrected chi connectivity index (χ0v) is 39.0. The van der Waals surface area contributed by atoms with Gasteiger partial charge in [-0.25, -0.2) is 9.80 Å². The summed E-state index contributed by atoms with van der Waals surface area (Å²) < 4.78 is 0. The Bertz CT molecular complexity index is 3130. The summed E-state index contributed by atoms with van der Waals surface area (Å²) in [5.41, 5.74) is 7.92. The van der Waals surface area contributed by atoms with Crippen LogP contribution in [0.1, 0.15) is 116 Å². The maximum absolute atomic E-state index is 15.2. The summed E-state index contributed by atoms with van der Waals surface area (Å²) in [4.78, 5) is 66.8. The number of rotatable bonds is 10. The number of imide groups is 2. The monoisotopic (exact) mass is 922 g/mol. The first-order valence-electron chi connectivity index (χ1n) is 23.7. The van der Waals surface area contributed by atoms with E-state index < -0.39 is 0 Å². The third kappa shape index (κ3) is 7.12. The van der Waals surface area contributed by atoms with E-state index in [2.05, 4.69) is 12.1 Å². The Kier molecular flexibility index (Phi) is 11.0. The molecule has 0 aromatic heterocycles. The topological polar surface area (TPSA) is 74.8 Å². The second kappa shape index (κ2) is 17.6. The Balaban J connectivity index is 1.02. The van der Waals surface area contributed by atoms with Crippen LogP contribution in [-0.4, -0.2) is 23.6 Å². The molecule has 0 unspecified atom stereocenters. The van der Waals surface area contributed by atoms with Crippen LogP contribution in [0.4, 0.5) is 11.4 Å². The van der Waals surface area contributed by atoms with Crippen LogP contribution in [0.5, 0.6) is 0 Å². The minimum Gasteiger partial charge on any atom is -0.268 e. The molecule has 0 saturated heterocycles. The summed E-state index contributed by atoms with van der Waals surface area (Å²) in [5, 5.41) is 1.72. The van der Waals surface area contributed by atoms with Gasteiger partial charge in [0.15, 0.2) is 0 Å². The number of nitrogens with zero attached hydrogens (tertiary/aromatic N) is 2. The first-order valence-corrected chi connectivity index (χ1v) is 25.4. The van der Waals surface area contributed by atoms with Crippen LogP contribution in [0.25, 0.3) is 33.0 Å². The molecule has 0 radical (unpaired) electrons. The van der Waals surface area contributed by atoms with Crippen molar-refractivity contribution in [2.24, 2.45) is 0 Å². The average molecular weight is 923 g/mol. The SMILES string of the molecule is O=C1c2c(Sc3ccccc3)ccc(-c3ccc(-c4ccc(Sc5ccccc5)c5c4C(=O)N(c4ccccc4C4CCCC4)C5=O)c4ccccc34)c2C(=O)N1c1ccccc1C1CCCC1. The van der Waals surface area contributed by atoms with Crippen molar-refractivity contribution in [3.05, 3.63) is 203 Å². The highest BCUT2D eigenvalue weighted by molar-refractivity contribution is 7.99. The van der Waals surface area contributed by atoms with Crippen LogP contribution in [0.3, 0.4) is 0 Å². The molecule has 0 bridgehead atoms. The minimum absolute atomic E-state index is 0.286. The molecule has 8 heteroatoms. The molecule has 2 heterocycles. The second-order valence-corrected chi connectivity index (χ2v) is 20.5. The summed E-state index contributed by atoms with van der Waals surface area (Å²) in [7, 11) is 0. The lowest BCUT2D eigenvalue weighted by Crippen LogP contribution is -2.30. The highest BCUT2D eigenvalue weighted by Gasteiger charge is 2.44. The summed E-state index contributed by atoms with van der Waals surface area (Å²) >= 11 is 2.97. The molecular formula is C60H46N2O4S2. The maximum Gasteiger partial charge on any atom is 0.267 e. The van der Waals surface area contributed by atoms with Crippen molar-refractivity contribution in [1.82, 2.24) is 0 Å². The van der Waals surface area contributed by atoms with Gasteiger partial charge in [-0.15, -0.1) is 0 Å². The van der Waals surface area contributed by atoms with E-state index in [1.165, 1.54) is 33.3 Å². The fourth-order valence-corrected chi connectivity index (χ4v) is 13.2. The zero-order valence-electron chi connectivity index (χ0n) is 37.3. The van der Waals surface area contributed by atoms with Gasteiger partial charge in [-0.2, -0.15) is 0 Å². The third-order valence-electron chi connectivity index (χ3n) is 14.4. The Hall–Kier alpha value is -7.00. The standard InChI is InChI=1S/C60H46N2O4S2/c63-57-53-47(33-35-51(67-39-21-3-1-4-22-39)55(53)59(65)61(57)49-29-15-13-25-41(49)37-17-7-8-18-37)45-31-32-46(44-28-12-11-27-43(44)45)48-34-36-52(68-40-23-5-2-6-24-40)56-54(48)58(64)62(60(56)66)50-30-16-14-26-42(50)38-19-9-10-20-38/h1-6,11-16,21-38H,7-10,17-20H2. The van der Waals surface area contributed by atoms with Gasteiger partial charge >= 0.3 is 0 Å². The normalized spacial score (nSPS) is 16.1. The van der Waals surface area contributed by atoms with Crippen LogP contribution in [0, 0.1) is 0 Å². The first-order chi connectivity index (χ1) is 33.4. The van der Waals surface area contributed by atoms with Crippen molar-refractivity contribution in [3.8, 4) is 22.3 Å². The number of carbonyl (C=O) groups excluding carboxylic acids is 4. The molecule has 2 aliphatic carbocycles. The van der Waals surface area contributed by atoms with Crippen LogP contribution >= 0.6 is 23.5 Å². The van der Waals surface area contributed by atoms with Gasteiger partial charge in [0.05, 0.1) is 33.6 Å². The van der Waals surface area contributed by atoms with Gasteiger partial charge in [0.1, 0.15) is 0 Å². The first kappa shape index (κ1) is 42.4. The van der Waals surface area contributed by atoms with Gasteiger partial charge in [0.25, 0.3) is 23.6 Å². The van der Waals surface area contributed by atoms with E-state index in [-0.39, 0.29) is 35.5 Å². The Labute approximate surface area is 404 Å². The Morgan fingerprint density at radius 2 is 0.676 bits per heavy atom. The van der Waals surface area contributed by atoms with Crippen LogP contribution < -0.4 is 9.80 Å². The molecule has 4 aliphatic rings.